The highest BCUT2D eigenvalue weighted by Crippen LogP contribution is 2.10. The maximum atomic E-state index is 10.8. The summed E-state index contributed by atoms with van der Waals surface area (Å²) in [5.41, 5.74) is -1.82. The van der Waals surface area contributed by atoms with E-state index >= 15 is 0 Å². The van der Waals surface area contributed by atoms with E-state index in [-0.39, 0.29) is 0 Å². The molecule has 0 aromatic rings. The van der Waals surface area contributed by atoms with Gasteiger partial charge in [-0.1, -0.05) is 0 Å². The van der Waals surface area contributed by atoms with Gasteiger partial charge in [-0.15, -0.1) is 0 Å². The van der Waals surface area contributed by atoms with Crippen LogP contribution < -0.4 is 0 Å². The standard InChI is InChI=1S/C6H9NO4/c1-7-6(3-8,4-9)5(10)11-2/h8-9H,3-4H2,2H3. The number of ether oxygens (including phenoxy) is 1. The molecule has 0 saturated carbocycles. The van der Waals surface area contributed by atoms with Gasteiger partial charge in [0.1, 0.15) is 13.2 Å². The van der Waals surface area contributed by atoms with E-state index in [9.17, 15) is 4.79 Å². The molecule has 0 aliphatic heterocycles. The third-order valence-corrected chi connectivity index (χ3v) is 1.30. The normalized spacial score (nSPS) is 10.4. The molecule has 0 rings (SSSR count). The minimum Gasteiger partial charge on any atom is -0.463 e. The van der Waals surface area contributed by atoms with Crippen molar-refractivity contribution in [3.8, 4) is 0 Å². The van der Waals surface area contributed by atoms with E-state index in [0.717, 1.165) is 7.11 Å². The Balaban J connectivity index is 4.57. The Morgan fingerprint density at radius 1 is 1.64 bits per heavy atom. The third kappa shape index (κ3) is 1.67. The van der Waals surface area contributed by atoms with Crippen LogP contribution in [0.1, 0.15) is 0 Å². The van der Waals surface area contributed by atoms with Crippen molar-refractivity contribution in [3.63, 3.8) is 0 Å². The molecule has 0 atom stereocenters. The van der Waals surface area contributed by atoms with Crippen molar-refractivity contribution in [1.29, 1.82) is 0 Å². The number of hydrogen-bond acceptors (Lipinski definition) is 4. The van der Waals surface area contributed by atoms with E-state index in [4.69, 9.17) is 16.8 Å². The summed E-state index contributed by atoms with van der Waals surface area (Å²) in [6.07, 6.45) is 0. The lowest BCUT2D eigenvalue weighted by Gasteiger charge is -2.12. The van der Waals surface area contributed by atoms with Crippen LogP contribution in [0.25, 0.3) is 4.85 Å². The van der Waals surface area contributed by atoms with Crippen LogP contribution in [0.3, 0.4) is 0 Å². The largest absolute Gasteiger partial charge is 0.463 e. The Bertz CT molecular complexity index is 180. The summed E-state index contributed by atoms with van der Waals surface area (Å²) < 4.78 is 4.22. The maximum absolute atomic E-state index is 10.8. The molecule has 0 aliphatic rings. The molecule has 5 heteroatoms. The van der Waals surface area contributed by atoms with Gasteiger partial charge >= 0.3 is 11.5 Å². The Morgan fingerprint density at radius 2 is 2.09 bits per heavy atom. The van der Waals surface area contributed by atoms with Crippen LogP contribution in [0, 0.1) is 6.57 Å². The number of nitrogens with zero attached hydrogens (tertiary/aromatic N) is 1. The number of carbonyl (C=O) groups is 1. The van der Waals surface area contributed by atoms with Gasteiger partial charge < -0.3 is 14.9 Å². The fraction of sp³-hybridized carbons (Fsp3) is 0.667. The van der Waals surface area contributed by atoms with Crippen molar-refractivity contribution < 1.29 is 19.7 Å². The Labute approximate surface area is 64.0 Å². The molecule has 0 heterocycles. The molecule has 0 saturated heterocycles. The summed E-state index contributed by atoms with van der Waals surface area (Å²) in [6, 6.07) is 0. The van der Waals surface area contributed by atoms with Gasteiger partial charge in [-0.25, -0.2) is 11.4 Å². The van der Waals surface area contributed by atoms with E-state index in [1.165, 1.54) is 0 Å². The third-order valence-electron chi connectivity index (χ3n) is 1.30. The van der Waals surface area contributed by atoms with Crippen LogP contribution in [-0.4, -0.2) is 42.0 Å². The fourth-order valence-corrected chi connectivity index (χ4v) is 0.485. The van der Waals surface area contributed by atoms with E-state index in [0.29, 0.717) is 0 Å². The van der Waals surface area contributed by atoms with Gasteiger partial charge in [-0.2, -0.15) is 0 Å². The molecule has 2 N–H and O–H groups in total. The highest BCUT2D eigenvalue weighted by atomic mass is 16.5. The predicted molar refractivity (Wildman–Crippen MR) is 35.5 cm³/mol. The van der Waals surface area contributed by atoms with Crippen molar-refractivity contribution in [2.75, 3.05) is 20.3 Å². The van der Waals surface area contributed by atoms with Crippen molar-refractivity contribution in [3.05, 3.63) is 11.4 Å². The Morgan fingerprint density at radius 3 is 2.18 bits per heavy atom. The topological polar surface area (TPSA) is 71.1 Å². The first kappa shape index (κ1) is 9.88. The molecule has 11 heavy (non-hydrogen) atoms. The molecule has 5 nitrogen and oxygen atoms in total. The highest BCUT2D eigenvalue weighted by molar-refractivity contribution is 5.83. The molecule has 0 radical (unpaired) electrons. The molecule has 0 bridgehead atoms. The van der Waals surface area contributed by atoms with Gasteiger partial charge in [0.05, 0.1) is 7.11 Å². The van der Waals surface area contributed by atoms with Crippen LogP contribution in [0.5, 0.6) is 0 Å². The summed E-state index contributed by atoms with van der Waals surface area (Å²) in [5.74, 6) is -0.919. The molecule has 0 aromatic carbocycles. The summed E-state index contributed by atoms with van der Waals surface area (Å²) in [4.78, 5) is 13.6. The molecule has 0 fully saturated rings. The molecule has 0 aliphatic carbocycles. The lowest BCUT2D eigenvalue weighted by atomic mass is 10.0. The second-order valence-corrected chi connectivity index (χ2v) is 1.95. The first-order valence-electron chi connectivity index (χ1n) is 2.85. The fourth-order valence-electron chi connectivity index (χ4n) is 0.485. The van der Waals surface area contributed by atoms with Crippen LogP contribution >= 0.6 is 0 Å². The number of aliphatic hydroxyl groups is 2. The molecule has 0 unspecified atom stereocenters. The van der Waals surface area contributed by atoms with Gasteiger partial charge in [-0.05, 0) is 0 Å². The monoisotopic (exact) mass is 159 g/mol. The molecular weight excluding hydrogens is 150 g/mol. The van der Waals surface area contributed by atoms with Crippen LogP contribution in [0.4, 0.5) is 0 Å². The number of hydrogen-bond donors (Lipinski definition) is 2. The predicted octanol–water partition coefficient (Wildman–Crippen LogP) is -1.20. The number of methoxy groups -OCH3 is 1. The molecular formula is C6H9NO4. The first-order chi connectivity index (χ1) is 5.16. The van der Waals surface area contributed by atoms with Gasteiger partial charge in [-0.3, -0.25) is 4.85 Å². The average Bonchev–Trinajstić information content (AvgIpc) is 2.08. The summed E-state index contributed by atoms with van der Waals surface area (Å²) in [5, 5.41) is 17.2. The number of carbonyl (C=O) groups excluding carboxylic acids is 1. The van der Waals surface area contributed by atoms with Crippen molar-refractivity contribution >= 4 is 5.97 Å². The van der Waals surface area contributed by atoms with Gasteiger partial charge in [0.15, 0.2) is 0 Å². The minimum absolute atomic E-state index is 0.736. The number of aliphatic hydroxyl groups excluding tert-OH is 2. The Kier molecular flexibility index (Phi) is 3.51. The van der Waals surface area contributed by atoms with E-state index in [2.05, 4.69) is 9.58 Å². The van der Waals surface area contributed by atoms with Gasteiger partial charge in [0.2, 0.25) is 0 Å². The SMILES string of the molecule is [C-]#[N+]C(CO)(CO)C(=O)OC. The summed E-state index contributed by atoms with van der Waals surface area (Å²) >= 11 is 0. The zero-order valence-corrected chi connectivity index (χ0v) is 6.07. The Hall–Kier alpha value is -1.12. The molecule has 0 amide bonds. The highest BCUT2D eigenvalue weighted by Gasteiger charge is 2.46. The van der Waals surface area contributed by atoms with Gasteiger partial charge in [0, 0.05) is 0 Å². The van der Waals surface area contributed by atoms with Crippen LogP contribution in [-0.2, 0) is 9.53 Å². The molecule has 0 aromatic heterocycles. The van der Waals surface area contributed by atoms with E-state index < -0.39 is 24.7 Å². The minimum atomic E-state index is -1.82. The average molecular weight is 159 g/mol. The lowest BCUT2D eigenvalue weighted by molar-refractivity contribution is -0.148. The summed E-state index contributed by atoms with van der Waals surface area (Å²) in [6.45, 7) is 5.07. The number of rotatable bonds is 3. The van der Waals surface area contributed by atoms with Crippen LogP contribution in [0.15, 0.2) is 0 Å². The lowest BCUT2D eigenvalue weighted by Crippen LogP contribution is -2.43. The van der Waals surface area contributed by atoms with E-state index in [1.807, 2.05) is 0 Å². The van der Waals surface area contributed by atoms with Gasteiger partial charge in [0.25, 0.3) is 0 Å². The summed E-state index contributed by atoms with van der Waals surface area (Å²) in [7, 11) is 1.09. The molecule has 62 valence electrons. The van der Waals surface area contributed by atoms with Crippen molar-refractivity contribution in [2.45, 2.75) is 5.54 Å². The molecule has 0 spiro atoms. The van der Waals surface area contributed by atoms with E-state index in [1.54, 1.807) is 0 Å². The number of esters is 1. The van der Waals surface area contributed by atoms with Crippen molar-refractivity contribution in [1.82, 2.24) is 0 Å². The quantitative estimate of drug-likeness (QED) is 0.401. The second kappa shape index (κ2) is 3.91. The first-order valence-corrected chi connectivity index (χ1v) is 2.85. The zero-order chi connectivity index (χ0) is 8.91. The maximum Gasteiger partial charge on any atom is 0.398 e. The zero-order valence-electron chi connectivity index (χ0n) is 6.07. The van der Waals surface area contributed by atoms with Crippen molar-refractivity contribution in [2.24, 2.45) is 0 Å². The second-order valence-electron chi connectivity index (χ2n) is 1.95. The smallest absolute Gasteiger partial charge is 0.398 e. The van der Waals surface area contributed by atoms with Crippen LogP contribution in [0.2, 0.25) is 0 Å².